The molecule has 1 unspecified atom stereocenters. The molecule has 2 aliphatic heterocycles. The number of rotatable bonds is 8. The normalized spacial score (nSPS) is 17.2. The number of benzene rings is 2. The molecule has 0 spiro atoms. The van der Waals surface area contributed by atoms with E-state index in [2.05, 4.69) is 11.9 Å². The van der Waals surface area contributed by atoms with Crippen molar-refractivity contribution < 1.29 is 28.5 Å². The smallest absolute Gasteiger partial charge is 0.231 e. The van der Waals surface area contributed by atoms with Gasteiger partial charge in [-0.2, -0.15) is 0 Å². The highest BCUT2D eigenvalue weighted by Gasteiger charge is 2.34. The molecular formula is C24H29NO6. The maximum absolute atomic E-state index is 13.0. The van der Waals surface area contributed by atoms with Crippen LogP contribution in [0.1, 0.15) is 35.6 Å². The lowest BCUT2D eigenvalue weighted by atomic mass is 9.87. The SMILES string of the molecule is COc1ccc(OC)c(CCC(=O)CC2c3c(cc4c(c3OC)OCO4)CCN2C)c1. The van der Waals surface area contributed by atoms with Gasteiger partial charge >= 0.3 is 0 Å². The summed E-state index contributed by atoms with van der Waals surface area (Å²) in [6.07, 6.45) is 2.31. The molecule has 0 bridgehead atoms. The lowest BCUT2D eigenvalue weighted by molar-refractivity contribution is -0.120. The second-order valence-corrected chi connectivity index (χ2v) is 7.88. The highest BCUT2D eigenvalue weighted by Crippen LogP contribution is 2.50. The van der Waals surface area contributed by atoms with Gasteiger partial charge in [-0.1, -0.05) is 0 Å². The highest BCUT2D eigenvalue weighted by atomic mass is 16.7. The van der Waals surface area contributed by atoms with Crippen LogP contribution in [-0.4, -0.2) is 52.4 Å². The van der Waals surface area contributed by atoms with Gasteiger partial charge in [0.1, 0.15) is 17.3 Å². The van der Waals surface area contributed by atoms with Gasteiger partial charge in [-0.05, 0) is 55.3 Å². The van der Waals surface area contributed by atoms with Crippen molar-refractivity contribution in [1.82, 2.24) is 4.90 Å². The Kier molecular flexibility index (Phi) is 6.23. The summed E-state index contributed by atoms with van der Waals surface area (Å²) < 4.78 is 27.7. The summed E-state index contributed by atoms with van der Waals surface area (Å²) in [5.74, 6) is 3.75. The first-order valence-electron chi connectivity index (χ1n) is 10.5. The van der Waals surface area contributed by atoms with Crippen LogP contribution in [0.3, 0.4) is 0 Å². The first-order chi connectivity index (χ1) is 15.0. The predicted octanol–water partition coefficient (Wildman–Crippen LogP) is 3.56. The van der Waals surface area contributed by atoms with Gasteiger partial charge in [0.25, 0.3) is 0 Å². The summed E-state index contributed by atoms with van der Waals surface area (Å²) in [4.78, 5) is 15.3. The first-order valence-corrected chi connectivity index (χ1v) is 10.5. The van der Waals surface area contributed by atoms with Crippen molar-refractivity contribution in [3.63, 3.8) is 0 Å². The van der Waals surface area contributed by atoms with E-state index in [1.807, 2.05) is 24.3 Å². The Morgan fingerprint density at radius 2 is 1.97 bits per heavy atom. The molecule has 0 N–H and O–H groups in total. The van der Waals surface area contributed by atoms with Crippen molar-refractivity contribution in [3.05, 3.63) is 41.0 Å². The number of carbonyl (C=O) groups is 1. The molecule has 31 heavy (non-hydrogen) atoms. The molecule has 2 heterocycles. The van der Waals surface area contributed by atoms with Crippen LogP contribution in [0.15, 0.2) is 24.3 Å². The van der Waals surface area contributed by atoms with Crippen LogP contribution in [0.25, 0.3) is 0 Å². The van der Waals surface area contributed by atoms with Crippen molar-refractivity contribution in [2.75, 3.05) is 41.7 Å². The van der Waals surface area contributed by atoms with Crippen molar-refractivity contribution in [2.24, 2.45) is 0 Å². The number of nitrogens with zero attached hydrogens (tertiary/aromatic N) is 1. The van der Waals surface area contributed by atoms with Crippen LogP contribution in [0, 0.1) is 0 Å². The molecule has 0 aromatic heterocycles. The van der Waals surface area contributed by atoms with E-state index in [-0.39, 0.29) is 18.6 Å². The average Bonchev–Trinajstić information content (AvgIpc) is 3.26. The average molecular weight is 427 g/mol. The monoisotopic (exact) mass is 427 g/mol. The molecule has 7 nitrogen and oxygen atoms in total. The fraction of sp³-hybridized carbons (Fsp3) is 0.458. The molecule has 0 amide bonds. The lowest BCUT2D eigenvalue weighted by Gasteiger charge is -2.35. The summed E-state index contributed by atoms with van der Waals surface area (Å²) in [7, 11) is 6.96. The number of hydrogen-bond acceptors (Lipinski definition) is 7. The van der Waals surface area contributed by atoms with Crippen LogP contribution in [0.5, 0.6) is 28.7 Å². The van der Waals surface area contributed by atoms with Crippen molar-refractivity contribution >= 4 is 5.78 Å². The van der Waals surface area contributed by atoms with E-state index in [0.717, 1.165) is 46.9 Å². The minimum absolute atomic E-state index is 0.0621. The summed E-state index contributed by atoms with van der Waals surface area (Å²) in [6.45, 7) is 1.06. The highest BCUT2D eigenvalue weighted by molar-refractivity contribution is 5.80. The number of ketones is 1. The van der Waals surface area contributed by atoms with E-state index in [0.29, 0.717) is 30.8 Å². The van der Waals surface area contributed by atoms with E-state index in [9.17, 15) is 4.79 Å². The van der Waals surface area contributed by atoms with Crippen LogP contribution in [-0.2, 0) is 17.6 Å². The molecule has 0 saturated carbocycles. The Balaban J connectivity index is 1.53. The van der Waals surface area contributed by atoms with Crippen LogP contribution in [0.2, 0.25) is 0 Å². The fourth-order valence-electron chi connectivity index (χ4n) is 4.45. The number of fused-ring (bicyclic) bond motifs is 2. The van der Waals surface area contributed by atoms with Crippen LogP contribution >= 0.6 is 0 Å². The fourth-order valence-corrected chi connectivity index (χ4v) is 4.45. The maximum atomic E-state index is 13.0. The number of aryl methyl sites for hydroxylation is 1. The molecule has 0 radical (unpaired) electrons. The molecule has 0 aliphatic carbocycles. The molecule has 4 rings (SSSR count). The Morgan fingerprint density at radius 1 is 1.13 bits per heavy atom. The number of Topliss-reactive ketones (excluding diaryl/α,β-unsaturated/α-hetero) is 1. The minimum atomic E-state index is -0.0621. The third-order valence-corrected chi connectivity index (χ3v) is 6.13. The molecule has 2 aromatic rings. The third kappa shape index (κ3) is 4.14. The molecule has 0 saturated heterocycles. The number of methoxy groups -OCH3 is 3. The van der Waals surface area contributed by atoms with Gasteiger partial charge in [-0.15, -0.1) is 0 Å². The van der Waals surface area contributed by atoms with Crippen molar-refractivity contribution in [1.29, 1.82) is 0 Å². The quantitative estimate of drug-likeness (QED) is 0.638. The van der Waals surface area contributed by atoms with Crippen LogP contribution in [0.4, 0.5) is 0 Å². The Morgan fingerprint density at radius 3 is 2.71 bits per heavy atom. The van der Waals surface area contributed by atoms with Crippen LogP contribution < -0.4 is 23.7 Å². The van der Waals surface area contributed by atoms with E-state index in [1.54, 1.807) is 21.3 Å². The molecule has 0 fully saturated rings. The minimum Gasteiger partial charge on any atom is -0.497 e. The van der Waals surface area contributed by atoms with Gasteiger partial charge in [-0.25, -0.2) is 0 Å². The first kappa shape index (κ1) is 21.3. The molecule has 2 aliphatic rings. The van der Waals surface area contributed by atoms with E-state index in [4.69, 9.17) is 23.7 Å². The molecule has 2 aromatic carbocycles. The van der Waals surface area contributed by atoms with Gasteiger partial charge in [0, 0.05) is 31.0 Å². The zero-order chi connectivity index (χ0) is 22.0. The molecular weight excluding hydrogens is 398 g/mol. The lowest BCUT2D eigenvalue weighted by Crippen LogP contribution is -2.34. The topological polar surface area (TPSA) is 66.5 Å². The van der Waals surface area contributed by atoms with E-state index in [1.165, 1.54) is 0 Å². The third-order valence-electron chi connectivity index (χ3n) is 6.13. The Bertz CT molecular complexity index is 973. The number of hydrogen-bond donors (Lipinski definition) is 0. The van der Waals surface area contributed by atoms with Gasteiger partial charge in [0.2, 0.25) is 12.5 Å². The number of carbonyl (C=O) groups excluding carboxylic acids is 1. The molecule has 166 valence electrons. The summed E-state index contributed by atoms with van der Waals surface area (Å²) in [5.41, 5.74) is 3.16. The maximum Gasteiger partial charge on any atom is 0.231 e. The van der Waals surface area contributed by atoms with Gasteiger partial charge in [0.05, 0.1) is 21.3 Å². The zero-order valence-electron chi connectivity index (χ0n) is 18.5. The second kappa shape index (κ2) is 9.06. The summed E-state index contributed by atoms with van der Waals surface area (Å²) in [6, 6.07) is 7.63. The van der Waals surface area contributed by atoms with E-state index < -0.39 is 0 Å². The van der Waals surface area contributed by atoms with Gasteiger partial charge < -0.3 is 23.7 Å². The Labute approximate surface area is 182 Å². The summed E-state index contributed by atoms with van der Waals surface area (Å²) >= 11 is 0. The van der Waals surface area contributed by atoms with Crippen molar-refractivity contribution in [3.8, 4) is 28.7 Å². The second-order valence-electron chi connectivity index (χ2n) is 7.88. The number of likely N-dealkylation sites (N-methyl/N-ethyl adjacent to an activating group) is 1. The standard InChI is InChI=1S/C24H29NO6/c1-25-10-9-16-12-21-23(31-14-30-21)24(29-4)22(16)19(25)13-17(26)6-5-15-11-18(27-2)7-8-20(15)28-3/h7-8,11-12,19H,5-6,9-10,13-14H2,1-4H3. The largest absolute Gasteiger partial charge is 0.497 e. The molecule has 1 atom stereocenters. The van der Waals surface area contributed by atoms with Gasteiger partial charge in [0.15, 0.2) is 11.5 Å². The Hall–Kier alpha value is -2.93. The van der Waals surface area contributed by atoms with Crippen molar-refractivity contribution in [2.45, 2.75) is 31.7 Å². The summed E-state index contributed by atoms with van der Waals surface area (Å²) in [5, 5.41) is 0. The van der Waals surface area contributed by atoms with Gasteiger partial charge in [-0.3, -0.25) is 9.69 Å². The molecule has 7 heteroatoms. The number of ether oxygens (including phenoxy) is 5. The predicted molar refractivity (Wildman–Crippen MR) is 116 cm³/mol. The zero-order valence-corrected chi connectivity index (χ0v) is 18.5. The van der Waals surface area contributed by atoms with E-state index >= 15 is 0 Å².